The highest BCUT2D eigenvalue weighted by Crippen LogP contribution is 2.15. The molecule has 1 aromatic rings. The standard InChI is InChI=1S/C10H15F2N3O.C2HF3O2/c11-10(12)7-15-6-9(5-13-15)14-8-1-3-16-4-2-8;3-2(4,5)1(6)7/h5-6,8,10,14H,1-4,7H2;(H,6,7). The largest absolute Gasteiger partial charge is 0.490 e. The van der Waals surface area contributed by atoms with Crippen LogP contribution in [0.15, 0.2) is 12.4 Å². The van der Waals surface area contributed by atoms with Gasteiger partial charge in [-0.05, 0) is 12.8 Å². The van der Waals surface area contributed by atoms with Gasteiger partial charge >= 0.3 is 12.1 Å². The van der Waals surface area contributed by atoms with Crippen molar-refractivity contribution in [1.82, 2.24) is 9.78 Å². The van der Waals surface area contributed by atoms with Crippen LogP contribution in [0, 0.1) is 0 Å². The molecule has 0 saturated carbocycles. The van der Waals surface area contributed by atoms with Crippen LogP contribution in [0.4, 0.5) is 27.6 Å². The third kappa shape index (κ3) is 7.77. The summed E-state index contributed by atoms with van der Waals surface area (Å²) in [6.45, 7) is 1.15. The number of nitrogens with zero attached hydrogens (tertiary/aromatic N) is 2. The maximum atomic E-state index is 12.1. The molecule has 0 bridgehead atoms. The fourth-order valence-electron chi connectivity index (χ4n) is 1.76. The summed E-state index contributed by atoms with van der Waals surface area (Å²) in [5, 5.41) is 14.3. The van der Waals surface area contributed by atoms with Gasteiger partial charge in [-0.2, -0.15) is 18.3 Å². The summed E-state index contributed by atoms with van der Waals surface area (Å²) < 4.78 is 62.4. The number of hydrogen-bond donors (Lipinski definition) is 2. The Morgan fingerprint density at radius 2 is 2.00 bits per heavy atom. The van der Waals surface area contributed by atoms with Gasteiger partial charge in [0, 0.05) is 25.5 Å². The molecule has 1 aliphatic heterocycles. The van der Waals surface area contributed by atoms with Crippen LogP contribution in [0.1, 0.15) is 12.8 Å². The highest BCUT2D eigenvalue weighted by atomic mass is 19.4. The molecule has 0 radical (unpaired) electrons. The molecule has 0 aromatic carbocycles. The summed E-state index contributed by atoms with van der Waals surface area (Å²) in [5.41, 5.74) is 0.799. The van der Waals surface area contributed by atoms with Gasteiger partial charge in [0.2, 0.25) is 0 Å². The van der Waals surface area contributed by atoms with Gasteiger partial charge in [-0.25, -0.2) is 13.6 Å². The zero-order valence-corrected chi connectivity index (χ0v) is 11.9. The van der Waals surface area contributed by atoms with E-state index in [4.69, 9.17) is 14.6 Å². The predicted molar refractivity (Wildman–Crippen MR) is 69.4 cm³/mol. The Kier molecular flexibility index (Phi) is 7.20. The molecule has 132 valence electrons. The molecule has 0 aliphatic carbocycles. The third-order valence-corrected chi connectivity index (χ3v) is 2.79. The lowest BCUT2D eigenvalue weighted by atomic mass is 10.1. The van der Waals surface area contributed by atoms with Crippen LogP contribution in [0.2, 0.25) is 0 Å². The van der Waals surface area contributed by atoms with Gasteiger partial charge < -0.3 is 15.2 Å². The number of nitrogens with one attached hydrogen (secondary N) is 1. The summed E-state index contributed by atoms with van der Waals surface area (Å²) in [5.74, 6) is -2.76. The van der Waals surface area contributed by atoms with E-state index in [-0.39, 0.29) is 6.54 Å². The van der Waals surface area contributed by atoms with Crippen molar-refractivity contribution >= 4 is 11.7 Å². The number of rotatable bonds is 4. The lowest BCUT2D eigenvalue weighted by Crippen LogP contribution is -2.27. The number of aliphatic carboxylic acids is 1. The fourth-order valence-corrected chi connectivity index (χ4v) is 1.76. The Balaban J connectivity index is 0.000000322. The first-order chi connectivity index (χ1) is 10.7. The molecule has 1 aromatic heterocycles. The van der Waals surface area contributed by atoms with Crippen molar-refractivity contribution in [2.45, 2.75) is 38.0 Å². The van der Waals surface area contributed by atoms with Crippen LogP contribution in [0.5, 0.6) is 0 Å². The average molecular weight is 345 g/mol. The van der Waals surface area contributed by atoms with Crippen molar-refractivity contribution in [3.63, 3.8) is 0 Å². The quantitative estimate of drug-likeness (QED) is 0.820. The Morgan fingerprint density at radius 3 is 2.48 bits per heavy atom. The predicted octanol–water partition coefficient (Wildman–Crippen LogP) is 2.37. The molecule has 2 rings (SSSR count). The van der Waals surface area contributed by atoms with Crippen molar-refractivity contribution in [3.05, 3.63) is 12.4 Å². The molecule has 6 nitrogen and oxygen atoms in total. The van der Waals surface area contributed by atoms with Crippen LogP contribution >= 0.6 is 0 Å². The smallest absolute Gasteiger partial charge is 0.475 e. The van der Waals surface area contributed by atoms with E-state index in [0.29, 0.717) is 6.04 Å². The molecule has 0 spiro atoms. The van der Waals surface area contributed by atoms with Crippen LogP contribution < -0.4 is 5.32 Å². The van der Waals surface area contributed by atoms with E-state index < -0.39 is 18.6 Å². The molecular formula is C12H16F5N3O3. The van der Waals surface area contributed by atoms with Crippen molar-refractivity contribution in [1.29, 1.82) is 0 Å². The zero-order chi connectivity index (χ0) is 17.5. The van der Waals surface area contributed by atoms with Gasteiger partial charge in [0.25, 0.3) is 6.43 Å². The molecule has 0 amide bonds. The minimum atomic E-state index is -5.08. The molecule has 23 heavy (non-hydrogen) atoms. The maximum Gasteiger partial charge on any atom is 0.490 e. The Hall–Kier alpha value is -1.91. The first kappa shape index (κ1) is 19.1. The van der Waals surface area contributed by atoms with Crippen molar-refractivity contribution in [2.24, 2.45) is 0 Å². The topological polar surface area (TPSA) is 76.4 Å². The van der Waals surface area contributed by atoms with E-state index in [1.807, 2.05) is 0 Å². The third-order valence-electron chi connectivity index (χ3n) is 2.79. The summed E-state index contributed by atoms with van der Waals surface area (Å²) >= 11 is 0. The summed E-state index contributed by atoms with van der Waals surface area (Å²) in [6.07, 6.45) is -2.37. The highest BCUT2D eigenvalue weighted by molar-refractivity contribution is 5.73. The fraction of sp³-hybridized carbons (Fsp3) is 0.667. The number of hydrogen-bond acceptors (Lipinski definition) is 4. The summed E-state index contributed by atoms with van der Waals surface area (Å²) in [7, 11) is 0. The van der Waals surface area contributed by atoms with Crippen LogP contribution in [0.25, 0.3) is 0 Å². The van der Waals surface area contributed by atoms with Gasteiger partial charge in [-0.3, -0.25) is 4.68 Å². The van der Waals surface area contributed by atoms with E-state index in [0.717, 1.165) is 31.7 Å². The van der Waals surface area contributed by atoms with Gasteiger partial charge in [-0.1, -0.05) is 0 Å². The molecule has 2 heterocycles. The monoisotopic (exact) mass is 345 g/mol. The number of alkyl halides is 5. The minimum absolute atomic E-state index is 0.352. The number of halogens is 5. The number of ether oxygens (including phenoxy) is 1. The summed E-state index contributed by atoms with van der Waals surface area (Å²) in [6, 6.07) is 0.359. The molecule has 2 N–H and O–H groups in total. The number of carbonyl (C=O) groups is 1. The van der Waals surface area contributed by atoms with Crippen LogP contribution in [0.3, 0.4) is 0 Å². The van der Waals surface area contributed by atoms with Crippen LogP contribution in [-0.4, -0.2) is 52.7 Å². The number of aromatic nitrogens is 2. The van der Waals surface area contributed by atoms with Crippen molar-refractivity contribution in [3.8, 4) is 0 Å². The Morgan fingerprint density at radius 1 is 1.43 bits per heavy atom. The molecule has 1 saturated heterocycles. The van der Waals surface area contributed by atoms with Crippen molar-refractivity contribution in [2.75, 3.05) is 18.5 Å². The zero-order valence-electron chi connectivity index (χ0n) is 11.9. The minimum Gasteiger partial charge on any atom is -0.475 e. The maximum absolute atomic E-state index is 12.1. The molecule has 0 unspecified atom stereocenters. The van der Waals surface area contributed by atoms with Gasteiger partial charge in [0.15, 0.2) is 0 Å². The second-order valence-corrected chi connectivity index (χ2v) is 4.68. The van der Waals surface area contributed by atoms with E-state index in [9.17, 15) is 22.0 Å². The number of anilines is 1. The molecular weight excluding hydrogens is 329 g/mol. The van der Waals surface area contributed by atoms with Gasteiger partial charge in [-0.15, -0.1) is 0 Å². The van der Waals surface area contributed by atoms with E-state index in [2.05, 4.69) is 10.4 Å². The van der Waals surface area contributed by atoms with E-state index >= 15 is 0 Å². The Labute approximate surface area is 128 Å². The number of carboxylic acid groups (broad SMARTS) is 1. The molecule has 1 aliphatic rings. The average Bonchev–Trinajstić information content (AvgIpc) is 2.86. The first-order valence-electron chi connectivity index (χ1n) is 6.63. The normalized spacial score (nSPS) is 15.9. The second kappa shape index (κ2) is 8.65. The number of carboxylic acids is 1. The van der Waals surface area contributed by atoms with Crippen molar-refractivity contribution < 1.29 is 36.6 Å². The van der Waals surface area contributed by atoms with Crippen LogP contribution in [-0.2, 0) is 16.1 Å². The Bertz CT molecular complexity index is 487. The second-order valence-electron chi connectivity index (χ2n) is 4.68. The molecule has 11 heteroatoms. The summed E-state index contributed by atoms with van der Waals surface area (Å²) in [4.78, 5) is 8.90. The van der Waals surface area contributed by atoms with Gasteiger partial charge in [0.1, 0.15) is 6.54 Å². The highest BCUT2D eigenvalue weighted by Gasteiger charge is 2.38. The SMILES string of the molecule is FC(F)Cn1cc(NC2CCOCC2)cn1.O=C(O)C(F)(F)F. The molecule has 1 fully saturated rings. The first-order valence-corrected chi connectivity index (χ1v) is 6.63. The van der Waals surface area contributed by atoms with Gasteiger partial charge in [0.05, 0.1) is 11.9 Å². The van der Waals surface area contributed by atoms with E-state index in [1.165, 1.54) is 4.68 Å². The lowest BCUT2D eigenvalue weighted by molar-refractivity contribution is -0.192. The van der Waals surface area contributed by atoms with E-state index in [1.54, 1.807) is 12.4 Å². The lowest BCUT2D eigenvalue weighted by Gasteiger charge is -2.23. The molecule has 0 atom stereocenters.